The predicted molar refractivity (Wildman–Crippen MR) is 83.3 cm³/mol. The van der Waals surface area contributed by atoms with Gasteiger partial charge in [-0.3, -0.25) is 0 Å². The number of hydrogen-bond donors (Lipinski definition) is 2. The Labute approximate surface area is 126 Å². The lowest BCUT2D eigenvalue weighted by Crippen LogP contribution is -2.43. The van der Waals surface area contributed by atoms with Gasteiger partial charge >= 0.3 is 0 Å². The van der Waals surface area contributed by atoms with E-state index in [0.29, 0.717) is 30.2 Å². The maximum absolute atomic E-state index is 12.3. The third-order valence-electron chi connectivity index (χ3n) is 4.95. The molecule has 2 saturated heterocycles. The van der Waals surface area contributed by atoms with Crippen LogP contribution in [0.25, 0.3) is 0 Å². The number of sulfonamides is 1. The molecule has 6 heteroatoms. The highest BCUT2D eigenvalue weighted by atomic mass is 32.2. The topological polar surface area (TPSA) is 75.4 Å². The van der Waals surface area contributed by atoms with Gasteiger partial charge in [-0.25, -0.2) is 13.1 Å². The minimum absolute atomic E-state index is 0.285. The molecule has 0 aliphatic carbocycles. The van der Waals surface area contributed by atoms with Gasteiger partial charge in [0.25, 0.3) is 0 Å². The van der Waals surface area contributed by atoms with Crippen molar-refractivity contribution in [3.05, 3.63) is 24.3 Å². The zero-order valence-electron chi connectivity index (χ0n) is 12.3. The fourth-order valence-corrected chi connectivity index (χ4v) is 4.76. The van der Waals surface area contributed by atoms with Crippen molar-refractivity contribution in [3.63, 3.8) is 0 Å². The Morgan fingerprint density at radius 2 is 1.76 bits per heavy atom. The number of hydrogen-bond acceptors (Lipinski definition) is 4. The maximum atomic E-state index is 12.3. The number of fused-ring (bicyclic) bond motifs is 2. The smallest absolute Gasteiger partial charge is 0.240 e. The van der Waals surface area contributed by atoms with Crippen molar-refractivity contribution in [1.82, 2.24) is 9.62 Å². The Bertz CT molecular complexity index is 586. The van der Waals surface area contributed by atoms with Gasteiger partial charge in [-0.2, -0.15) is 0 Å². The van der Waals surface area contributed by atoms with E-state index in [1.807, 2.05) is 0 Å². The zero-order valence-corrected chi connectivity index (χ0v) is 13.1. The van der Waals surface area contributed by atoms with Crippen LogP contribution in [0.3, 0.4) is 0 Å². The van der Waals surface area contributed by atoms with E-state index in [0.717, 1.165) is 12.8 Å². The molecule has 0 spiro atoms. The summed E-state index contributed by atoms with van der Waals surface area (Å²) in [5, 5.41) is 0. The molecule has 0 aromatic heterocycles. The van der Waals surface area contributed by atoms with E-state index in [-0.39, 0.29) is 4.90 Å². The Kier molecular flexibility index (Phi) is 3.94. The number of rotatable bonds is 4. The number of nitrogens with two attached hydrogens (primary N) is 1. The second kappa shape index (κ2) is 5.59. The molecule has 3 N–H and O–H groups in total. The van der Waals surface area contributed by atoms with Gasteiger partial charge < -0.3 is 10.6 Å². The third kappa shape index (κ3) is 3.07. The molecule has 0 radical (unpaired) electrons. The molecule has 2 atom stereocenters. The van der Waals surface area contributed by atoms with Gasteiger partial charge in [-0.1, -0.05) is 0 Å². The normalized spacial score (nSPS) is 29.7. The summed E-state index contributed by atoms with van der Waals surface area (Å²) in [4.78, 5) is 2.75. The third-order valence-corrected chi connectivity index (χ3v) is 6.39. The molecular formula is C15H23N3O2S. The second-order valence-electron chi connectivity index (χ2n) is 6.31. The minimum Gasteiger partial charge on any atom is -0.399 e. The molecule has 1 aromatic rings. The van der Waals surface area contributed by atoms with E-state index < -0.39 is 10.0 Å². The molecule has 0 amide bonds. The molecule has 2 aliphatic rings. The van der Waals surface area contributed by atoms with Crippen LogP contribution < -0.4 is 10.5 Å². The Hall–Kier alpha value is -1.11. The molecule has 2 aliphatic heterocycles. The molecule has 0 saturated carbocycles. The van der Waals surface area contributed by atoms with Gasteiger partial charge in [-0.15, -0.1) is 0 Å². The average Bonchev–Trinajstić information content (AvgIpc) is 2.68. The van der Waals surface area contributed by atoms with Gasteiger partial charge in [-0.05, 0) is 62.9 Å². The van der Waals surface area contributed by atoms with E-state index >= 15 is 0 Å². The molecule has 2 fully saturated rings. The van der Waals surface area contributed by atoms with Gasteiger partial charge in [0.05, 0.1) is 4.90 Å². The van der Waals surface area contributed by atoms with Crippen molar-refractivity contribution in [3.8, 4) is 0 Å². The first-order valence-electron chi connectivity index (χ1n) is 7.53. The summed E-state index contributed by atoms with van der Waals surface area (Å²) < 4.78 is 27.3. The molecule has 2 unspecified atom stereocenters. The predicted octanol–water partition coefficient (Wildman–Crippen LogP) is 1.42. The summed E-state index contributed by atoms with van der Waals surface area (Å²) in [6.07, 6.45) is 4.69. The first-order valence-corrected chi connectivity index (χ1v) is 9.01. The minimum atomic E-state index is -3.42. The summed E-state index contributed by atoms with van der Waals surface area (Å²) in [6.45, 7) is 0.535. The standard InChI is InChI=1S/C15H23N3O2S/c1-18-13-4-5-14(18)9-11(8-13)10-17-21(19,20)15-6-2-12(16)3-7-15/h2-3,6-7,11,13-14,17H,4-5,8-10,16H2,1H3. The van der Waals surface area contributed by atoms with Crippen molar-refractivity contribution < 1.29 is 8.42 Å². The second-order valence-corrected chi connectivity index (χ2v) is 8.08. The highest BCUT2D eigenvalue weighted by molar-refractivity contribution is 7.89. The van der Waals surface area contributed by atoms with Crippen molar-refractivity contribution in [1.29, 1.82) is 0 Å². The van der Waals surface area contributed by atoms with E-state index in [2.05, 4.69) is 16.7 Å². The number of nitrogen functional groups attached to an aromatic ring is 1. The Morgan fingerprint density at radius 1 is 1.19 bits per heavy atom. The lowest BCUT2D eigenvalue weighted by Gasteiger charge is -2.36. The highest BCUT2D eigenvalue weighted by Gasteiger charge is 2.38. The van der Waals surface area contributed by atoms with Crippen LogP contribution in [0.2, 0.25) is 0 Å². The monoisotopic (exact) mass is 309 g/mol. The van der Waals surface area contributed by atoms with Crippen LogP contribution in [0.5, 0.6) is 0 Å². The van der Waals surface area contributed by atoms with Crippen LogP contribution in [0.1, 0.15) is 25.7 Å². The molecule has 2 heterocycles. The number of nitrogens with zero attached hydrogens (tertiary/aromatic N) is 1. The summed E-state index contributed by atoms with van der Waals surface area (Å²) in [7, 11) is -1.23. The molecule has 5 nitrogen and oxygen atoms in total. The van der Waals surface area contributed by atoms with Gasteiger partial charge in [0.15, 0.2) is 0 Å². The van der Waals surface area contributed by atoms with Crippen LogP contribution in [-0.2, 0) is 10.0 Å². The van der Waals surface area contributed by atoms with Crippen molar-refractivity contribution >= 4 is 15.7 Å². The number of anilines is 1. The van der Waals surface area contributed by atoms with Crippen molar-refractivity contribution in [2.24, 2.45) is 5.92 Å². The van der Waals surface area contributed by atoms with Crippen LogP contribution >= 0.6 is 0 Å². The van der Waals surface area contributed by atoms with Gasteiger partial charge in [0.2, 0.25) is 10.0 Å². The number of benzene rings is 1. The lowest BCUT2D eigenvalue weighted by atomic mass is 9.91. The number of piperidine rings is 1. The molecular weight excluding hydrogens is 286 g/mol. The van der Waals surface area contributed by atoms with E-state index in [4.69, 9.17) is 5.73 Å². The first-order chi connectivity index (χ1) is 9.95. The summed E-state index contributed by atoms with van der Waals surface area (Å²) in [5.41, 5.74) is 6.16. The highest BCUT2D eigenvalue weighted by Crippen LogP contribution is 2.37. The SMILES string of the molecule is CN1C2CCC1CC(CNS(=O)(=O)c1ccc(N)cc1)C2. The van der Waals surface area contributed by atoms with Gasteiger partial charge in [0.1, 0.15) is 0 Å². The van der Waals surface area contributed by atoms with Crippen LogP contribution in [-0.4, -0.2) is 39.0 Å². The maximum Gasteiger partial charge on any atom is 0.240 e. The fraction of sp³-hybridized carbons (Fsp3) is 0.600. The van der Waals surface area contributed by atoms with Crippen LogP contribution in [0, 0.1) is 5.92 Å². The van der Waals surface area contributed by atoms with Crippen molar-refractivity contribution in [2.45, 2.75) is 42.7 Å². The molecule has 21 heavy (non-hydrogen) atoms. The molecule has 3 rings (SSSR count). The zero-order chi connectivity index (χ0) is 15.0. The fourth-order valence-electron chi connectivity index (χ4n) is 3.65. The van der Waals surface area contributed by atoms with E-state index in [9.17, 15) is 8.42 Å². The summed E-state index contributed by atoms with van der Waals surface area (Å²) in [5.74, 6) is 0.447. The van der Waals surface area contributed by atoms with E-state index in [1.165, 1.54) is 12.8 Å². The summed E-state index contributed by atoms with van der Waals surface area (Å²) >= 11 is 0. The summed E-state index contributed by atoms with van der Waals surface area (Å²) in [6, 6.07) is 7.60. The lowest BCUT2D eigenvalue weighted by molar-refractivity contribution is 0.135. The van der Waals surface area contributed by atoms with Crippen molar-refractivity contribution in [2.75, 3.05) is 19.3 Å². The largest absolute Gasteiger partial charge is 0.399 e. The average molecular weight is 309 g/mol. The molecule has 116 valence electrons. The Balaban J connectivity index is 1.61. The molecule has 2 bridgehead atoms. The van der Waals surface area contributed by atoms with Gasteiger partial charge in [0, 0.05) is 24.3 Å². The Morgan fingerprint density at radius 3 is 2.33 bits per heavy atom. The number of nitrogens with one attached hydrogen (secondary N) is 1. The first kappa shape index (κ1) is 14.8. The quantitative estimate of drug-likeness (QED) is 0.825. The van der Waals surface area contributed by atoms with Crippen LogP contribution in [0.15, 0.2) is 29.2 Å². The molecule has 1 aromatic carbocycles. The van der Waals surface area contributed by atoms with Crippen LogP contribution in [0.4, 0.5) is 5.69 Å². The van der Waals surface area contributed by atoms with E-state index in [1.54, 1.807) is 24.3 Å².